The molecule has 0 aromatic carbocycles. The van der Waals surface area contributed by atoms with Crippen LogP contribution in [0.3, 0.4) is 0 Å². The van der Waals surface area contributed by atoms with Crippen molar-refractivity contribution in [3.63, 3.8) is 0 Å². The molecule has 0 atom stereocenters. The molecule has 0 radical (unpaired) electrons. The van der Waals surface area contributed by atoms with E-state index in [-0.39, 0.29) is 5.16 Å². The number of hydrogen-bond acceptors (Lipinski definition) is 4. The molecule has 0 unspecified atom stereocenters. The fourth-order valence-corrected chi connectivity index (χ4v) is 0.937. The van der Waals surface area contributed by atoms with Gasteiger partial charge < -0.3 is 4.74 Å². The van der Waals surface area contributed by atoms with E-state index in [0.717, 1.165) is 0 Å². The number of halogens is 2. The highest BCUT2D eigenvalue weighted by molar-refractivity contribution is 7.99. The summed E-state index contributed by atoms with van der Waals surface area (Å²) in [5.41, 5.74) is 0. The van der Waals surface area contributed by atoms with Crippen molar-refractivity contribution in [2.75, 3.05) is 7.11 Å². The third kappa shape index (κ3) is 2.61. The standard InChI is InChI=1S/C6H6F2N2OS/c1-11-4-2-9-6(10-3-4)12-5(7)8/h2-3,5H,1H3. The second-order valence-electron chi connectivity index (χ2n) is 1.78. The predicted octanol–water partition coefficient (Wildman–Crippen LogP) is 1.80. The van der Waals surface area contributed by atoms with Gasteiger partial charge in [0, 0.05) is 0 Å². The highest BCUT2D eigenvalue weighted by Gasteiger charge is 2.07. The molecule has 0 aliphatic carbocycles. The first-order chi connectivity index (χ1) is 5.72. The maximum Gasteiger partial charge on any atom is 0.291 e. The van der Waals surface area contributed by atoms with Crippen LogP contribution in [0.4, 0.5) is 8.78 Å². The molecule has 6 heteroatoms. The Labute approximate surface area is 72.2 Å². The molecule has 0 aliphatic heterocycles. The molecular weight excluding hydrogens is 186 g/mol. The van der Waals surface area contributed by atoms with Crippen LogP contribution in [0.25, 0.3) is 0 Å². The van der Waals surface area contributed by atoms with Crippen molar-refractivity contribution >= 4 is 11.8 Å². The number of ether oxygens (including phenoxy) is 1. The number of hydrogen-bond donors (Lipinski definition) is 0. The lowest BCUT2D eigenvalue weighted by molar-refractivity contribution is 0.251. The van der Waals surface area contributed by atoms with Crippen LogP contribution < -0.4 is 4.74 Å². The van der Waals surface area contributed by atoms with E-state index in [0.29, 0.717) is 17.5 Å². The highest BCUT2D eigenvalue weighted by Crippen LogP contribution is 2.21. The Balaban J connectivity index is 2.65. The summed E-state index contributed by atoms with van der Waals surface area (Å²) < 4.78 is 28.3. The molecule has 0 saturated carbocycles. The molecule has 0 fully saturated rings. The fraction of sp³-hybridized carbons (Fsp3) is 0.333. The maximum atomic E-state index is 11.8. The van der Waals surface area contributed by atoms with Crippen molar-refractivity contribution in [3.8, 4) is 5.75 Å². The van der Waals surface area contributed by atoms with Gasteiger partial charge in [-0.3, -0.25) is 0 Å². The van der Waals surface area contributed by atoms with E-state index in [1.54, 1.807) is 0 Å². The number of methoxy groups -OCH3 is 1. The second kappa shape index (κ2) is 4.20. The Hall–Kier alpha value is -0.910. The maximum absolute atomic E-state index is 11.8. The van der Waals surface area contributed by atoms with Crippen LogP contribution in [-0.2, 0) is 0 Å². The van der Waals surface area contributed by atoms with E-state index in [2.05, 4.69) is 9.97 Å². The first-order valence-corrected chi connectivity index (χ1v) is 3.91. The van der Waals surface area contributed by atoms with Gasteiger partial charge in [-0.25, -0.2) is 9.97 Å². The predicted molar refractivity (Wildman–Crippen MR) is 40.4 cm³/mol. The van der Waals surface area contributed by atoms with E-state index >= 15 is 0 Å². The molecule has 0 aliphatic rings. The average molecular weight is 192 g/mol. The highest BCUT2D eigenvalue weighted by atomic mass is 32.2. The summed E-state index contributed by atoms with van der Waals surface area (Å²) in [7, 11) is 1.46. The Kier molecular flexibility index (Phi) is 3.21. The quantitative estimate of drug-likeness (QED) is 0.540. The van der Waals surface area contributed by atoms with Gasteiger partial charge in [-0.1, -0.05) is 0 Å². The lowest BCUT2D eigenvalue weighted by Crippen LogP contribution is -1.91. The number of aromatic nitrogens is 2. The van der Waals surface area contributed by atoms with Crippen molar-refractivity contribution < 1.29 is 13.5 Å². The second-order valence-corrected chi connectivity index (χ2v) is 2.74. The molecule has 12 heavy (non-hydrogen) atoms. The van der Waals surface area contributed by atoms with Crippen LogP contribution in [0.5, 0.6) is 5.75 Å². The van der Waals surface area contributed by atoms with Gasteiger partial charge in [-0.2, -0.15) is 8.78 Å². The largest absolute Gasteiger partial charge is 0.494 e. The molecule has 0 bridgehead atoms. The Morgan fingerprint density at radius 1 is 1.42 bits per heavy atom. The van der Waals surface area contributed by atoms with Gasteiger partial charge in [0.15, 0.2) is 10.9 Å². The SMILES string of the molecule is COc1cnc(SC(F)F)nc1. The van der Waals surface area contributed by atoms with Gasteiger partial charge in [-0.15, -0.1) is 0 Å². The molecule has 0 saturated heterocycles. The summed E-state index contributed by atoms with van der Waals surface area (Å²) in [5, 5.41) is 0.0470. The van der Waals surface area contributed by atoms with Gasteiger partial charge in [0.2, 0.25) is 0 Å². The van der Waals surface area contributed by atoms with Crippen molar-refractivity contribution in [2.24, 2.45) is 0 Å². The summed E-state index contributed by atoms with van der Waals surface area (Å²) in [5.74, 6) is -2.04. The zero-order chi connectivity index (χ0) is 8.97. The minimum Gasteiger partial charge on any atom is -0.494 e. The van der Waals surface area contributed by atoms with Crippen LogP contribution in [0.15, 0.2) is 17.6 Å². The number of nitrogens with zero attached hydrogens (tertiary/aromatic N) is 2. The van der Waals surface area contributed by atoms with Gasteiger partial charge >= 0.3 is 0 Å². The third-order valence-electron chi connectivity index (χ3n) is 1.03. The Morgan fingerprint density at radius 3 is 2.42 bits per heavy atom. The molecule has 1 heterocycles. The van der Waals surface area contributed by atoms with Crippen LogP contribution >= 0.6 is 11.8 Å². The molecule has 1 aromatic rings. The van der Waals surface area contributed by atoms with Crippen LogP contribution in [0.2, 0.25) is 0 Å². The normalized spacial score (nSPS) is 10.3. The molecule has 0 amide bonds. The van der Waals surface area contributed by atoms with Crippen LogP contribution in [0, 0.1) is 0 Å². The summed E-state index contributed by atoms with van der Waals surface area (Å²) in [6.45, 7) is 0. The molecule has 1 aromatic heterocycles. The summed E-state index contributed by atoms with van der Waals surface area (Å²) in [4.78, 5) is 7.27. The summed E-state index contributed by atoms with van der Waals surface area (Å²) >= 11 is 0.307. The molecule has 1 rings (SSSR count). The zero-order valence-electron chi connectivity index (χ0n) is 6.20. The minimum absolute atomic E-state index is 0.0470. The van der Waals surface area contributed by atoms with Gasteiger partial charge in [0.1, 0.15) is 0 Å². The van der Waals surface area contributed by atoms with Gasteiger partial charge in [0.05, 0.1) is 19.5 Å². The minimum atomic E-state index is -2.49. The zero-order valence-corrected chi connectivity index (χ0v) is 7.02. The lowest BCUT2D eigenvalue weighted by atomic mass is 10.6. The number of rotatable bonds is 3. The number of alkyl halides is 2. The molecule has 0 N–H and O–H groups in total. The molecule has 0 spiro atoms. The third-order valence-corrected chi connectivity index (χ3v) is 1.63. The lowest BCUT2D eigenvalue weighted by Gasteiger charge is -1.99. The summed E-state index contributed by atoms with van der Waals surface area (Å²) in [6, 6.07) is 0. The van der Waals surface area contributed by atoms with E-state index in [9.17, 15) is 8.78 Å². The Morgan fingerprint density at radius 2 is 2.00 bits per heavy atom. The van der Waals surface area contributed by atoms with Crippen molar-refractivity contribution in [1.29, 1.82) is 0 Å². The number of thioether (sulfide) groups is 1. The summed E-state index contributed by atoms with van der Waals surface area (Å²) in [6.07, 6.45) is 2.69. The van der Waals surface area contributed by atoms with Crippen molar-refractivity contribution in [2.45, 2.75) is 10.9 Å². The molecular formula is C6H6F2N2OS. The van der Waals surface area contributed by atoms with Crippen LogP contribution in [0.1, 0.15) is 0 Å². The van der Waals surface area contributed by atoms with E-state index in [1.807, 2.05) is 0 Å². The first-order valence-electron chi connectivity index (χ1n) is 3.03. The van der Waals surface area contributed by atoms with E-state index in [4.69, 9.17) is 4.74 Å². The van der Waals surface area contributed by atoms with E-state index < -0.39 is 5.76 Å². The van der Waals surface area contributed by atoms with Gasteiger partial charge in [-0.05, 0) is 11.8 Å². The smallest absolute Gasteiger partial charge is 0.291 e. The topological polar surface area (TPSA) is 35.0 Å². The average Bonchev–Trinajstić information content (AvgIpc) is 2.05. The van der Waals surface area contributed by atoms with E-state index in [1.165, 1.54) is 19.5 Å². The molecule has 3 nitrogen and oxygen atoms in total. The van der Waals surface area contributed by atoms with Crippen molar-refractivity contribution in [3.05, 3.63) is 12.4 Å². The molecule has 66 valence electrons. The van der Waals surface area contributed by atoms with Crippen molar-refractivity contribution in [1.82, 2.24) is 9.97 Å². The van der Waals surface area contributed by atoms with Crippen LogP contribution in [-0.4, -0.2) is 22.8 Å². The monoisotopic (exact) mass is 192 g/mol. The fourth-order valence-electron chi connectivity index (χ4n) is 0.550. The first kappa shape index (κ1) is 9.18. The Bertz CT molecular complexity index is 242. The van der Waals surface area contributed by atoms with Gasteiger partial charge in [0.25, 0.3) is 5.76 Å².